The molecule has 1 atom stereocenters. The third-order valence-corrected chi connectivity index (χ3v) is 2.61. The van der Waals surface area contributed by atoms with Crippen molar-refractivity contribution in [2.45, 2.75) is 61.8 Å². The Kier molecular flexibility index (Phi) is 8.60. The third-order valence-electron chi connectivity index (χ3n) is 2.61. The monoisotopic (exact) mass is 224 g/mol. The van der Waals surface area contributed by atoms with Crippen LogP contribution < -0.4 is 0 Å². The van der Waals surface area contributed by atoms with Crippen LogP contribution in [0.25, 0.3) is 0 Å². The van der Waals surface area contributed by atoms with Gasteiger partial charge in [0.05, 0.1) is 0 Å². The van der Waals surface area contributed by atoms with Crippen molar-refractivity contribution in [3.63, 3.8) is 0 Å². The zero-order valence-electron chi connectivity index (χ0n) is 12.8. The lowest BCUT2D eigenvalue weighted by atomic mass is 9.89. The molecule has 0 fully saturated rings. The summed E-state index contributed by atoms with van der Waals surface area (Å²) >= 11 is 0. The van der Waals surface area contributed by atoms with Crippen LogP contribution in [0.1, 0.15) is 61.8 Å². The van der Waals surface area contributed by atoms with Gasteiger partial charge >= 0.3 is 0 Å². The van der Waals surface area contributed by atoms with E-state index < -0.39 is 0 Å². The minimum Gasteiger partial charge on any atom is -0.100 e. The summed E-state index contributed by atoms with van der Waals surface area (Å²) in [5.74, 6) is 1.42. The Balaban J connectivity index is 0. The van der Waals surface area contributed by atoms with E-state index in [9.17, 15) is 0 Å². The maximum absolute atomic E-state index is 3.88. The highest BCUT2D eigenvalue weighted by molar-refractivity contribution is 4.94. The van der Waals surface area contributed by atoms with Crippen molar-refractivity contribution in [3.8, 4) is 0 Å². The van der Waals surface area contributed by atoms with Crippen LogP contribution in [0.3, 0.4) is 0 Å². The number of rotatable bonds is 3. The Morgan fingerprint density at radius 2 is 1.38 bits per heavy atom. The van der Waals surface area contributed by atoms with Crippen molar-refractivity contribution in [2.24, 2.45) is 17.3 Å². The van der Waals surface area contributed by atoms with Gasteiger partial charge in [-0.2, -0.15) is 0 Å². The molecule has 0 aromatic carbocycles. The molecule has 1 unspecified atom stereocenters. The molecule has 0 N–H and O–H groups in total. The van der Waals surface area contributed by atoms with Gasteiger partial charge in [-0.1, -0.05) is 59.3 Å². The summed E-state index contributed by atoms with van der Waals surface area (Å²) in [5.41, 5.74) is 2.99. The maximum atomic E-state index is 3.88. The first-order valence-electron chi connectivity index (χ1n) is 6.27. The standard InChI is InChI=1S/2C8H16/c1-7(2)6-8(3,4)5;1-6(2)8(5)7(3)4/h1,6H2,2-5H3;7-8H,1H2,2-5H3. The molecule has 0 rings (SSSR count). The number of hydrogen-bond donors (Lipinski definition) is 0. The Bertz CT molecular complexity index is 213. The van der Waals surface area contributed by atoms with Crippen LogP contribution in [0.2, 0.25) is 0 Å². The summed E-state index contributed by atoms with van der Waals surface area (Å²) in [7, 11) is 0. The fourth-order valence-electron chi connectivity index (χ4n) is 1.47. The molecule has 0 aliphatic heterocycles. The topological polar surface area (TPSA) is 0 Å². The lowest BCUT2D eigenvalue weighted by molar-refractivity contribution is 0.410. The van der Waals surface area contributed by atoms with Crippen molar-refractivity contribution in [1.29, 1.82) is 0 Å². The van der Waals surface area contributed by atoms with Gasteiger partial charge in [0.1, 0.15) is 0 Å². The zero-order chi connectivity index (χ0) is 13.5. The van der Waals surface area contributed by atoms with E-state index in [-0.39, 0.29) is 0 Å². The molecular weight excluding hydrogens is 192 g/mol. The van der Waals surface area contributed by atoms with Gasteiger partial charge < -0.3 is 0 Å². The highest BCUT2D eigenvalue weighted by atomic mass is 14.1. The van der Waals surface area contributed by atoms with Crippen molar-refractivity contribution in [2.75, 3.05) is 0 Å². The van der Waals surface area contributed by atoms with Crippen LogP contribution in [0, 0.1) is 17.3 Å². The lowest BCUT2D eigenvalue weighted by Gasteiger charge is -2.17. The van der Waals surface area contributed by atoms with Gasteiger partial charge in [0, 0.05) is 0 Å². The summed E-state index contributed by atoms with van der Waals surface area (Å²) in [6.07, 6.45) is 1.13. The SMILES string of the molecule is C=C(C)C(C)C(C)C.C=C(C)CC(C)(C)C. The minimum absolute atomic E-state index is 0.422. The molecule has 0 spiro atoms. The molecule has 16 heavy (non-hydrogen) atoms. The molecule has 0 aliphatic carbocycles. The Hall–Kier alpha value is -0.520. The molecule has 0 radical (unpaired) electrons. The molecule has 0 aliphatic rings. The van der Waals surface area contributed by atoms with E-state index in [2.05, 4.69) is 68.5 Å². The van der Waals surface area contributed by atoms with Gasteiger partial charge in [-0.3, -0.25) is 0 Å². The van der Waals surface area contributed by atoms with Crippen molar-refractivity contribution < 1.29 is 0 Å². The van der Waals surface area contributed by atoms with E-state index in [0.29, 0.717) is 11.3 Å². The van der Waals surface area contributed by atoms with E-state index in [4.69, 9.17) is 0 Å². The summed E-state index contributed by atoms with van der Waals surface area (Å²) in [6, 6.07) is 0. The summed E-state index contributed by atoms with van der Waals surface area (Å²) in [4.78, 5) is 0. The fraction of sp³-hybridized carbons (Fsp3) is 0.750. The molecule has 0 aromatic heterocycles. The first-order chi connectivity index (χ1) is 6.97. The zero-order valence-corrected chi connectivity index (χ0v) is 12.8. The fourth-order valence-corrected chi connectivity index (χ4v) is 1.47. The third kappa shape index (κ3) is 13.5. The van der Waals surface area contributed by atoms with Gasteiger partial charge in [0.25, 0.3) is 0 Å². The Labute approximate surface area is 104 Å². The summed E-state index contributed by atoms with van der Waals surface area (Å²) in [5, 5.41) is 0. The molecule has 0 saturated heterocycles. The van der Waals surface area contributed by atoms with Gasteiger partial charge in [0.2, 0.25) is 0 Å². The van der Waals surface area contributed by atoms with E-state index in [1.165, 1.54) is 11.1 Å². The molecule has 0 nitrogen and oxygen atoms in total. The second-order valence-electron chi connectivity index (χ2n) is 6.57. The second kappa shape index (κ2) is 7.70. The van der Waals surface area contributed by atoms with E-state index in [0.717, 1.165) is 12.3 Å². The first kappa shape index (κ1) is 17.9. The molecule has 0 heterocycles. The van der Waals surface area contributed by atoms with Crippen LogP contribution >= 0.6 is 0 Å². The molecule has 0 amide bonds. The molecule has 96 valence electrons. The van der Waals surface area contributed by atoms with Crippen LogP contribution in [0.5, 0.6) is 0 Å². The molecule has 0 bridgehead atoms. The lowest BCUT2D eigenvalue weighted by Crippen LogP contribution is -2.03. The van der Waals surface area contributed by atoms with Crippen molar-refractivity contribution in [3.05, 3.63) is 24.3 Å². The summed E-state index contributed by atoms with van der Waals surface area (Å²) < 4.78 is 0. The molecule has 0 aromatic rings. The van der Waals surface area contributed by atoms with E-state index >= 15 is 0 Å². The highest BCUT2D eigenvalue weighted by Gasteiger charge is 2.08. The minimum atomic E-state index is 0.422. The Morgan fingerprint density at radius 3 is 1.38 bits per heavy atom. The largest absolute Gasteiger partial charge is 0.100 e. The van der Waals surface area contributed by atoms with Gasteiger partial charge in [-0.05, 0) is 37.5 Å². The highest BCUT2D eigenvalue weighted by Crippen LogP contribution is 2.22. The normalized spacial score (nSPS) is 12.8. The first-order valence-corrected chi connectivity index (χ1v) is 6.27. The molecule has 0 saturated carbocycles. The predicted octanol–water partition coefficient (Wildman–Crippen LogP) is 5.85. The predicted molar refractivity (Wildman–Crippen MR) is 77.7 cm³/mol. The van der Waals surface area contributed by atoms with E-state index in [1.54, 1.807) is 0 Å². The second-order valence-corrected chi connectivity index (χ2v) is 6.57. The van der Waals surface area contributed by atoms with Crippen LogP contribution in [-0.4, -0.2) is 0 Å². The number of allylic oxidation sites excluding steroid dienone is 2. The van der Waals surface area contributed by atoms with Crippen LogP contribution in [-0.2, 0) is 0 Å². The average Bonchev–Trinajstić information content (AvgIpc) is 1.98. The molecular formula is C16H32. The van der Waals surface area contributed by atoms with Crippen LogP contribution in [0.4, 0.5) is 0 Å². The number of hydrogen-bond acceptors (Lipinski definition) is 0. The van der Waals surface area contributed by atoms with Crippen molar-refractivity contribution >= 4 is 0 Å². The maximum Gasteiger partial charge on any atom is -0.0214 e. The van der Waals surface area contributed by atoms with Gasteiger partial charge in [-0.15, -0.1) is 6.58 Å². The van der Waals surface area contributed by atoms with Crippen molar-refractivity contribution in [1.82, 2.24) is 0 Å². The molecule has 0 heteroatoms. The van der Waals surface area contributed by atoms with Gasteiger partial charge in [0.15, 0.2) is 0 Å². The quantitative estimate of drug-likeness (QED) is 0.527. The average molecular weight is 224 g/mol. The summed E-state index contributed by atoms with van der Waals surface area (Å²) in [6.45, 7) is 25.2. The smallest absolute Gasteiger partial charge is 0.0214 e. The van der Waals surface area contributed by atoms with E-state index in [1.807, 2.05) is 0 Å². The Morgan fingerprint density at radius 1 is 1.00 bits per heavy atom. The van der Waals surface area contributed by atoms with Crippen LogP contribution in [0.15, 0.2) is 24.3 Å². The van der Waals surface area contributed by atoms with Gasteiger partial charge in [-0.25, -0.2) is 0 Å².